The van der Waals surface area contributed by atoms with E-state index < -0.39 is 0 Å². The van der Waals surface area contributed by atoms with Crippen LogP contribution >= 0.6 is 40.7 Å². The van der Waals surface area contributed by atoms with Gasteiger partial charge in [0, 0.05) is 4.47 Å². The Hall–Kier alpha value is -0.110. The average Bonchev–Trinajstić information content (AvgIpc) is 2.47. The number of benzene rings is 2. The van der Waals surface area contributed by atoms with E-state index >= 15 is 0 Å². The Bertz CT molecular complexity index is 626. The molecule has 8 heteroatoms. The fourth-order valence-electron chi connectivity index (χ4n) is 1.60. The first-order valence-electron chi connectivity index (χ1n) is 7.09. The second kappa shape index (κ2) is 15.9. The van der Waals surface area contributed by atoms with Crippen molar-refractivity contribution in [3.63, 3.8) is 0 Å². The quantitative estimate of drug-likeness (QED) is 0.292. The maximum atomic E-state index is 12.0. The number of nitrogens with two attached hydrogens (primary N) is 1. The minimum atomic E-state index is -0.383. The number of rotatable bonds is 1. The third-order valence-electron chi connectivity index (χ3n) is 2.99. The van der Waals surface area contributed by atoms with E-state index in [2.05, 4.69) is 35.0 Å². The third-order valence-corrected chi connectivity index (χ3v) is 3.68. The van der Waals surface area contributed by atoms with Crippen LogP contribution in [0.3, 0.4) is 0 Å². The van der Waals surface area contributed by atoms with Gasteiger partial charge in [-0.15, -0.1) is 24.8 Å². The Morgan fingerprint density at radius 1 is 0.962 bits per heavy atom. The van der Waals surface area contributed by atoms with Gasteiger partial charge < -0.3 is 5.48 Å². The SMILES string of the molecule is CC(C)(C)N(N)C(=O)c1ccccc1Br.Cc1ccccc1.Cl.Cl.O.[NaH]. The van der Waals surface area contributed by atoms with Crippen LogP contribution in [0.15, 0.2) is 59.1 Å². The predicted octanol–water partition coefficient (Wildman–Crippen LogP) is 3.93. The number of nitrogens with zero attached hydrogens (tertiary/aromatic N) is 1. The van der Waals surface area contributed by atoms with Gasteiger partial charge in [-0.1, -0.05) is 48.0 Å². The van der Waals surface area contributed by atoms with Gasteiger partial charge in [0.05, 0.1) is 11.1 Å². The second-order valence-electron chi connectivity index (χ2n) is 5.98. The third kappa shape index (κ3) is 11.6. The standard InChI is InChI=1S/C11H15BrN2O.C7H8.2ClH.Na.H2O.H/c1-11(2,3)14(13)10(15)8-6-4-5-7-9(8)12;1-7-5-3-2-4-6-7;;;;;/h4-7H,13H2,1-3H3;2-6H,1H3;2*1H;;1H2;. The molecule has 0 heterocycles. The Labute approximate surface area is 199 Å². The number of aryl methyl sites for hydroxylation is 1. The molecule has 2 aromatic rings. The zero-order valence-electron chi connectivity index (χ0n) is 14.8. The molecule has 0 aliphatic carbocycles. The van der Waals surface area contributed by atoms with Gasteiger partial charge in [-0.3, -0.25) is 9.80 Å². The van der Waals surface area contributed by atoms with E-state index in [9.17, 15) is 4.79 Å². The van der Waals surface area contributed by atoms with E-state index in [0.717, 1.165) is 4.47 Å². The number of hydrogen-bond donors (Lipinski definition) is 1. The summed E-state index contributed by atoms with van der Waals surface area (Å²) in [6.45, 7) is 7.76. The summed E-state index contributed by atoms with van der Waals surface area (Å²) in [5.41, 5.74) is 1.52. The van der Waals surface area contributed by atoms with E-state index in [0.29, 0.717) is 5.56 Å². The van der Waals surface area contributed by atoms with Crippen molar-refractivity contribution in [2.75, 3.05) is 0 Å². The summed E-state index contributed by atoms with van der Waals surface area (Å²) >= 11 is 3.33. The summed E-state index contributed by atoms with van der Waals surface area (Å²) < 4.78 is 0.759. The topological polar surface area (TPSA) is 77.8 Å². The molecular weight excluding hydrogens is 450 g/mol. The van der Waals surface area contributed by atoms with Crippen LogP contribution in [0.4, 0.5) is 0 Å². The number of amides is 1. The average molecular weight is 478 g/mol. The van der Waals surface area contributed by atoms with E-state index in [1.54, 1.807) is 6.07 Å². The van der Waals surface area contributed by atoms with Gasteiger partial charge in [0.2, 0.25) is 0 Å². The number of hydrogen-bond acceptors (Lipinski definition) is 2. The first-order valence-corrected chi connectivity index (χ1v) is 7.88. The van der Waals surface area contributed by atoms with E-state index in [1.807, 2.05) is 57.2 Å². The molecule has 0 saturated heterocycles. The molecule has 0 unspecified atom stereocenters. The molecule has 4 nitrogen and oxygen atoms in total. The van der Waals surface area contributed by atoms with Gasteiger partial charge in [0.15, 0.2) is 0 Å². The fourth-order valence-corrected chi connectivity index (χ4v) is 2.06. The van der Waals surface area contributed by atoms with Crippen LogP contribution in [-0.2, 0) is 0 Å². The Morgan fingerprint density at radius 2 is 1.38 bits per heavy atom. The number of carbonyl (C=O) groups is 1. The molecule has 0 aromatic heterocycles. The Morgan fingerprint density at radius 3 is 1.73 bits per heavy atom. The predicted molar refractivity (Wildman–Crippen MR) is 121 cm³/mol. The summed E-state index contributed by atoms with van der Waals surface area (Å²) in [6.07, 6.45) is 0. The van der Waals surface area contributed by atoms with Crippen molar-refractivity contribution in [2.45, 2.75) is 33.2 Å². The molecule has 144 valence electrons. The maximum absolute atomic E-state index is 12.0. The molecule has 2 rings (SSSR count). The molecule has 1 amide bonds. The van der Waals surface area contributed by atoms with Crippen molar-refractivity contribution in [1.82, 2.24) is 5.01 Å². The van der Waals surface area contributed by atoms with Crippen molar-refractivity contribution in [3.8, 4) is 0 Å². The number of halogens is 3. The number of hydrazine groups is 1. The zero-order chi connectivity index (χ0) is 16.8. The Kier molecular flexibility index (Phi) is 20.5. The molecule has 0 fully saturated rings. The van der Waals surface area contributed by atoms with Gasteiger partial charge in [-0.05, 0) is 55.8 Å². The summed E-state index contributed by atoms with van der Waals surface area (Å²) in [5, 5.41) is 1.24. The minimum absolute atomic E-state index is 0. The first kappa shape index (κ1) is 33.5. The van der Waals surface area contributed by atoms with Crippen LogP contribution in [0, 0.1) is 6.92 Å². The van der Waals surface area contributed by atoms with Gasteiger partial charge >= 0.3 is 29.6 Å². The van der Waals surface area contributed by atoms with E-state index in [1.165, 1.54) is 10.6 Å². The summed E-state index contributed by atoms with van der Waals surface area (Å²) in [4.78, 5) is 12.0. The van der Waals surface area contributed by atoms with Crippen molar-refractivity contribution in [3.05, 3.63) is 70.2 Å². The second-order valence-corrected chi connectivity index (χ2v) is 6.83. The van der Waals surface area contributed by atoms with Crippen molar-refractivity contribution >= 4 is 76.2 Å². The van der Waals surface area contributed by atoms with E-state index in [-0.39, 0.29) is 71.3 Å². The van der Waals surface area contributed by atoms with Crippen molar-refractivity contribution < 1.29 is 10.3 Å². The monoisotopic (exact) mass is 476 g/mol. The van der Waals surface area contributed by atoms with Gasteiger partial charge in [0.1, 0.15) is 0 Å². The number of carbonyl (C=O) groups excluding carboxylic acids is 1. The molecule has 0 radical (unpaired) electrons. The van der Waals surface area contributed by atoms with Gasteiger partial charge in [-0.25, -0.2) is 5.84 Å². The molecule has 0 aliphatic rings. The van der Waals surface area contributed by atoms with Crippen LogP contribution in [0.1, 0.15) is 36.7 Å². The van der Waals surface area contributed by atoms with Crippen LogP contribution in [0.5, 0.6) is 0 Å². The van der Waals surface area contributed by atoms with Crippen LogP contribution in [-0.4, -0.2) is 51.5 Å². The molecule has 26 heavy (non-hydrogen) atoms. The molecule has 0 bridgehead atoms. The van der Waals surface area contributed by atoms with Crippen LogP contribution in [0.2, 0.25) is 0 Å². The van der Waals surface area contributed by atoms with Crippen molar-refractivity contribution in [1.29, 1.82) is 0 Å². The van der Waals surface area contributed by atoms with Crippen LogP contribution < -0.4 is 5.84 Å². The zero-order valence-corrected chi connectivity index (χ0v) is 18.0. The van der Waals surface area contributed by atoms with Crippen LogP contribution in [0.25, 0.3) is 0 Å². The van der Waals surface area contributed by atoms with Gasteiger partial charge in [-0.2, -0.15) is 0 Å². The Balaban J connectivity index is -0.000000191. The molecule has 4 N–H and O–H groups in total. The summed E-state index contributed by atoms with van der Waals surface area (Å²) in [5.74, 6) is 5.57. The molecule has 0 atom stereocenters. The molecular formula is C18H28BrCl2N2NaO2. The van der Waals surface area contributed by atoms with Crippen molar-refractivity contribution in [2.24, 2.45) is 5.84 Å². The fraction of sp³-hybridized carbons (Fsp3) is 0.278. The normalized spacial score (nSPS) is 8.85. The first-order chi connectivity index (χ1) is 10.2. The van der Waals surface area contributed by atoms with Gasteiger partial charge in [0.25, 0.3) is 5.91 Å². The summed E-state index contributed by atoms with van der Waals surface area (Å²) in [7, 11) is 0. The molecule has 0 aliphatic heterocycles. The molecule has 0 saturated carbocycles. The molecule has 2 aromatic carbocycles. The molecule has 0 spiro atoms. The van der Waals surface area contributed by atoms with E-state index in [4.69, 9.17) is 5.84 Å². The summed E-state index contributed by atoms with van der Waals surface area (Å²) in [6, 6.07) is 17.5.